The van der Waals surface area contributed by atoms with Gasteiger partial charge in [-0.05, 0) is 30.3 Å². The molecule has 3 rings (SSSR count). The molecule has 0 unspecified atom stereocenters. The van der Waals surface area contributed by atoms with Crippen molar-refractivity contribution in [2.24, 2.45) is 5.10 Å². The zero-order valence-electron chi connectivity index (χ0n) is 15.0. The highest BCUT2D eigenvalue weighted by Crippen LogP contribution is 2.19. The molecular formula is C20H17FN4O2S. The molecule has 0 fully saturated rings. The number of anilines is 1. The number of hydrogen-bond donors (Lipinski definition) is 1. The van der Waals surface area contributed by atoms with Gasteiger partial charge in [-0.1, -0.05) is 18.2 Å². The van der Waals surface area contributed by atoms with Gasteiger partial charge in [-0.3, -0.25) is 15.0 Å². The Morgan fingerprint density at radius 2 is 1.96 bits per heavy atom. The molecule has 28 heavy (non-hydrogen) atoms. The maximum absolute atomic E-state index is 14.3. The Bertz CT molecular complexity index is 1000. The van der Waals surface area contributed by atoms with Crippen LogP contribution in [-0.2, 0) is 9.59 Å². The van der Waals surface area contributed by atoms with Gasteiger partial charge in [0.15, 0.2) is 17.3 Å². The molecule has 0 aliphatic rings. The molecule has 0 amide bonds. The number of hydrogen-bond acceptors (Lipinski definition) is 6. The van der Waals surface area contributed by atoms with Crippen molar-refractivity contribution in [2.75, 3.05) is 11.2 Å². The molecule has 3 aromatic rings. The fraction of sp³-hybridized carbons (Fsp3) is 0.100. The smallest absolute Gasteiger partial charge is 0.196 e. The van der Waals surface area contributed by atoms with Gasteiger partial charge >= 0.3 is 0 Å². The number of thioether (sulfide) groups is 1. The number of nitrogens with zero attached hydrogens (tertiary/aromatic N) is 3. The molecule has 0 aliphatic carbocycles. The molecule has 0 saturated carbocycles. The summed E-state index contributed by atoms with van der Waals surface area (Å²) in [5.74, 6) is -1.43. The third kappa shape index (κ3) is 4.92. The molecule has 8 heteroatoms. The highest BCUT2D eigenvalue weighted by atomic mass is 32.2. The topological polar surface area (TPSA) is 76.3 Å². The number of rotatable bonds is 8. The van der Waals surface area contributed by atoms with Crippen LogP contribution in [0.15, 0.2) is 77.0 Å². The number of halogens is 1. The van der Waals surface area contributed by atoms with E-state index in [4.69, 9.17) is 0 Å². The molecule has 142 valence electrons. The molecule has 0 bridgehead atoms. The molecule has 0 saturated heterocycles. The van der Waals surface area contributed by atoms with Gasteiger partial charge in [0.05, 0.1) is 17.1 Å². The average molecular weight is 396 g/mol. The lowest BCUT2D eigenvalue weighted by atomic mass is 10.2. The number of Topliss-reactive ketones (excluding diaryl/α,β-unsaturated/α-hetero) is 2. The van der Waals surface area contributed by atoms with Crippen molar-refractivity contribution in [1.82, 2.24) is 9.78 Å². The summed E-state index contributed by atoms with van der Waals surface area (Å²) >= 11 is 1.31. The van der Waals surface area contributed by atoms with Crippen LogP contribution >= 0.6 is 11.8 Å². The van der Waals surface area contributed by atoms with Crippen molar-refractivity contribution >= 4 is 34.7 Å². The van der Waals surface area contributed by atoms with E-state index in [1.807, 2.05) is 30.3 Å². The number of nitrogens with one attached hydrogen (secondary N) is 1. The van der Waals surface area contributed by atoms with Gasteiger partial charge in [0.1, 0.15) is 5.82 Å². The second-order valence-corrected chi connectivity index (χ2v) is 6.82. The molecule has 0 radical (unpaired) electrons. The van der Waals surface area contributed by atoms with E-state index >= 15 is 0 Å². The van der Waals surface area contributed by atoms with Crippen LogP contribution in [0.2, 0.25) is 0 Å². The number of hydrazone groups is 1. The van der Waals surface area contributed by atoms with Crippen LogP contribution in [0.4, 0.5) is 10.1 Å². The minimum atomic E-state index is -0.578. The average Bonchev–Trinajstić information content (AvgIpc) is 3.23. The van der Waals surface area contributed by atoms with Gasteiger partial charge in [-0.15, -0.1) is 11.8 Å². The van der Waals surface area contributed by atoms with Gasteiger partial charge in [-0.2, -0.15) is 10.2 Å². The third-order valence-corrected chi connectivity index (χ3v) is 4.73. The monoisotopic (exact) mass is 396 g/mol. The number of aromatic nitrogens is 2. The molecule has 1 aromatic heterocycles. The Morgan fingerprint density at radius 1 is 1.18 bits per heavy atom. The first-order valence-corrected chi connectivity index (χ1v) is 9.38. The van der Waals surface area contributed by atoms with Crippen molar-refractivity contribution in [3.8, 4) is 5.69 Å². The van der Waals surface area contributed by atoms with Crippen LogP contribution in [0.1, 0.15) is 6.92 Å². The standard InChI is InChI=1S/C20H17FN4O2S/c1-14(26)20(19(27)13-28-16-6-3-2-4-7-16)24-23-18-9-8-15(12-17(18)21)25-11-5-10-22-25/h2-12,23H,13H2,1H3/b24-20-. The van der Waals surface area contributed by atoms with E-state index in [9.17, 15) is 14.0 Å². The third-order valence-electron chi connectivity index (χ3n) is 3.72. The Morgan fingerprint density at radius 3 is 2.61 bits per heavy atom. The van der Waals surface area contributed by atoms with E-state index in [-0.39, 0.29) is 17.2 Å². The summed E-state index contributed by atoms with van der Waals surface area (Å²) < 4.78 is 15.8. The first-order valence-electron chi connectivity index (χ1n) is 8.40. The van der Waals surface area contributed by atoms with Crippen LogP contribution in [0, 0.1) is 5.82 Å². The second kappa shape index (κ2) is 9.09. The lowest BCUT2D eigenvalue weighted by molar-refractivity contribution is -0.114. The lowest BCUT2D eigenvalue weighted by Crippen LogP contribution is -2.25. The fourth-order valence-corrected chi connectivity index (χ4v) is 3.13. The van der Waals surface area contributed by atoms with E-state index in [2.05, 4.69) is 15.6 Å². The van der Waals surface area contributed by atoms with Gasteiger partial charge in [0.25, 0.3) is 0 Å². The van der Waals surface area contributed by atoms with Crippen LogP contribution in [-0.4, -0.2) is 32.8 Å². The van der Waals surface area contributed by atoms with E-state index in [0.29, 0.717) is 5.69 Å². The van der Waals surface area contributed by atoms with Gasteiger partial charge < -0.3 is 0 Å². The zero-order valence-corrected chi connectivity index (χ0v) is 15.8. The SMILES string of the molecule is CC(=O)/C(=N/Nc1ccc(-n2cccn2)cc1F)C(=O)CSc1ccccc1. The summed E-state index contributed by atoms with van der Waals surface area (Å²) in [6.45, 7) is 1.25. The van der Waals surface area contributed by atoms with Crippen molar-refractivity contribution in [1.29, 1.82) is 0 Å². The van der Waals surface area contributed by atoms with E-state index in [1.54, 1.807) is 24.5 Å². The second-order valence-electron chi connectivity index (χ2n) is 5.77. The predicted octanol–water partition coefficient (Wildman–Crippen LogP) is 3.73. The number of benzene rings is 2. The Hall–Kier alpha value is -3.26. The van der Waals surface area contributed by atoms with Gasteiger partial charge in [-0.25, -0.2) is 9.07 Å². The molecule has 0 spiro atoms. The molecule has 0 atom stereocenters. The molecular weight excluding hydrogens is 379 g/mol. The maximum Gasteiger partial charge on any atom is 0.196 e. The normalized spacial score (nSPS) is 11.3. The van der Waals surface area contributed by atoms with Crippen LogP contribution in [0.5, 0.6) is 0 Å². The summed E-state index contributed by atoms with van der Waals surface area (Å²) in [5, 5.41) is 7.88. The van der Waals surface area contributed by atoms with Crippen molar-refractivity contribution < 1.29 is 14.0 Å². The summed E-state index contributed by atoms with van der Waals surface area (Å²) in [6, 6.07) is 15.5. The number of carbonyl (C=O) groups excluding carboxylic acids is 2. The maximum atomic E-state index is 14.3. The van der Waals surface area contributed by atoms with E-state index in [0.717, 1.165) is 4.90 Å². The Kier molecular flexibility index (Phi) is 6.33. The largest absolute Gasteiger partial charge is 0.293 e. The molecule has 0 aliphatic heterocycles. The summed E-state index contributed by atoms with van der Waals surface area (Å²) in [7, 11) is 0. The van der Waals surface area contributed by atoms with Crippen LogP contribution in [0.25, 0.3) is 5.69 Å². The minimum Gasteiger partial charge on any atom is -0.293 e. The zero-order chi connectivity index (χ0) is 19.9. The highest BCUT2D eigenvalue weighted by molar-refractivity contribution is 8.00. The predicted molar refractivity (Wildman–Crippen MR) is 107 cm³/mol. The lowest BCUT2D eigenvalue weighted by Gasteiger charge is -2.07. The molecule has 6 nitrogen and oxygen atoms in total. The Labute approximate surface area is 165 Å². The molecule has 1 heterocycles. The van der Waals surface area contributed by atoms with Crippen molar-refractivity contribution in [3.05, 3.63) is 72.8 Å². The fourth-order valence-electron chi connectivity index (χ4n) is 2.35. The molecule has 1 N–H and O–H groups in total. The van der Waals surface area contributed by atoms with Gasteiger partial charge in [0.2, 0.25) is 0 Å². The van der Waals surface area contributed by atoms with Crippen LogP contribution < -0.4 is 5.43 Å². The van der Waals surface area contributed by atoms with Gasteiger partial charge in [0, 0.05) is 30.3 Å². The number of ketones is 2. The molecule has 2 aromatic carbocycles. The minimum absolute atomic E-state index is 0.0539. The summed E-state index contributed by atoms with van der Waals surface area (Å²) in [6.07, 6.45) is 3.28. The first kappa shape index (κ1) is 19.5. The number of carbonyl (C=O) groups is 2. The van der Waals surface area contributed by atoms with Crippen molar-refractivity contribution in [3.63, 3.8) is 0 Å². The van der Waals surface area contributed by atoms with E-state index < -0.39 is 17.4 Å². The first-order chi connectivity index (χ1) is 13.5. The van der Waals surface area contributed by atoms with Crippen molar-refractivity contribution in [2.45, 2.75) is 11.8 Å². The Balaban J connectivity index is 1.70. The van der Waals surface area contributed by atoms with E-state index in [1.165, 1.54) is 35.5 Å². The summed E-state index contributed by atoms with van der Waals surface area (Å²) in [4.78, 5) is 25.1. The van der Waals surface area contributed by atoms with Crippen LogP contribution in [0.3, 0.4) is 0 Å². The quantitative estimate of drug-likeness (QED) is 0.272. The summed E-state index contributed by atoms with van der Waals surface area (Å²) in [5.41, 5.74) is 2.82. The highest BCUT2D eigenvalue weighted by Gasteiger charge is 2.17.